The van der Waals surface area contributed by atoms with Gasteiger partial charge in [0.15, 0.2) is 0 Å². The van der Waals surface area contributed by atoms with Crippen molar-refractivity contribution < 1.29 is 22.7 Å². The normalized spacial score (nSPS) is 10.9. The highest BCUT2D eigenvalue weighted by Gasteiger charge is 2.15. The quantitative estimate of drug-likeness (QED) is 0.531. The van der Waals surface area contributed by atoms with Gasteiger partial charge in [0.25, 0.3) is 15.9 Å². The first kappa shape index (κ1) is 22.2. The Kier molecular flexibility index (Phi) is 7.15. The van der Waals surface area contributed by atoms with E-state index in [-0.39, 0.29) is 10.8 Å². The molecule has 1 amide bonds. The van der Waals surface area contributed by atoms with Gasteiger partial charge in [0, 0.05) is 17.8 Å². The number of anilines is 1. The van der Waals surface area contributed by atoms with E-state index in [4.69, 9.17) is 9.47 Å². The highest BCUT2D eigenvalue weighted by molar-refractivity contribution is 7.92. The van der Waals surface area contributed by atoms with Crippen LogP contribution < -0.4 is 19.5 Å². The van der Waals surface area contributed by atoms with Crippen molar-refractivity contribution in [3.8, 4) is 11.5 Å². The van der Waals surface area contributed by atoms with Crippen LogP contribution in [0.1, 0.15) is 15.9 Å². The first-order chi connectivity index (χ1) is 14.9. The summed E-state index contributed by atoms with van der Waals surface area (Å²) in [5, 5.41) is 2.84. The fraction of sp³-hybridized carbons (Fsp3) is 0.174. The molecular formula is C23H24N2O5S. The van der Waals surface area contributed by atoms with Gasteiger partial charge in [0.1, 0.15) is 11.5 Å². The van der Waals surface area contributed by atoms with Crippen LogP contribution in [0.25, 0.3) is 0 Å². The molecule has 31 heavy (non-hydrogen) atoms. The molecule has 0 saturated heterocycles. The topological polar surface area (TPSA) is 93.7 Å². The number of carbonyl (C=O) groups is 1. The number of nitrogens with one attached hydrogen (secondary N) is 2. The molecule has 0 saturated carbocycles. The van der Waals surface area contributed by atoms with Crippen LogP contribution in [0.5, 0.6) is 11.5 Å². The first-order valence-corrected chi connectivity index (χ1v) is 11.1. The zero-order valence-corrected chi connectivity index (χ0v) is 18.1. The molecule has 0 fully saturated rings. The number of sulfonamides is 1. The summed E-state index contributed by atoms with van der Waals surface area (Å²) in [5.74, 6) is 1.13. The molecule has 0 spiro atoms. The zero-order valence-electron chi connectivity index (χ0n) is 17.3. The van der Waals surface area contributed by atoms with E-state index in [1.165, 1.54) is 31.4 Å². The Morgan fingerprint density at radius 1 is 0.871 bits per heavy atom. The fourth-order valence-corrected chi connectivity index (χ4v) is 4.04. The van der Waals surface area contributed by atoms with Crippen LogP contribution in [-0.4, -0.2) is 35.1 Å². The van der Waals surface area contributed by atoms with Crippen LogP contribution in [0, 0.1) is 0 Å². The molecule has 0 aliphatic rings. The second-order valence-electron chi connectivity index (χ2n) is 6.68. The molecule has 0 heterocycles. The molecular weight excluding hydrogens is 416 g/mol. The van der Waals surface area contributed by atoms with E-state index >= 15 is 0 Å². The lowest BCUT2D eigenvalue weighted by Gasteiger charge is -2.10. The van der Waals surface area contributed by atoms with Crippen molar-refractivity contribution in [2.75, 3.05) is 25.5 Å². The Hall–Kier alpha value is -3.52. The van der Waals surface area contributed by atoms with Crippen molar-refractivity contribution in [1.29, 1.82) is 0 Å². The molecule has 0 aliphatic heterocycles. The molecule has 2 N–H and O–H groups in total. The number of rotatable bonds is 9. The third kappa shape index (κ3) is 5.76. The third-order valence-corrected chi connectivity index (χ3v) is 6.04. The predicted molar refractivity (Wildman–Crippen MR) is 119 cm³/mol. The van der Waals surface area contributed by atoms with E-state index in [2.05, 4.69) is 10.0 Å². The van der Waals surface area contributed by atoms with Gasteiger partial charge in [-0.3, -0.25) is 9.52 Å². The summed E-state index contributed by atoms with van der Waals surface area (Å²) in [4.78, 5) is 12.4. The molecule has 3 rings (SSSR count). The van der Waals surface area contributed by atoms with E-state index < -0.39 is 10.0 Å². The number of ether oxygens (including phenoxy) is 2. The average molecular weight is 441 g/mol. The summed E-state index contributed by atoms with van der Waals surface area (Å²) in [6, 6.07) is 20.0. The predicted octanol–water partition coefficient (Wildman–Crippen LogP) is 3.48. The average Bonchev–Trinajstić information content (AvgIpc) is 2.79. The lowest BCUT2D eigenvalue weighted by Crippen LogP contribution is -2.25. The maximum Gasteiger partial charge on any atom is 0.261 e. The fourth-order valence-electron chi connectivity index (χ4n) is 2.98. The summed E-state index contributed by atoms with van der Waals surface area (Å²) in [7, 11) is -0.628. The van der Waals surface area contributed by atoms with Gasteiger partial charge < -0.3 is 14.8 Å². The van der Waals surface area contributed by atoms with Gasteiger partial charge in [0.05, 0.1) is 19.1 Å². The Morgan fingerprint density at radius 3 is 2.19 bits per heavy atom. The maximum atomic E-state index is 12.6. The van der Waals surface area contributed by atoms with Gasteiger partial charge in [-0.15, -0.1) is 0 Å². The minimum Gasteiger partial charge on any atom is -0.497 e. The summed E-state index contributed by atoms with van der Waals surface area (Å²) in [6.07, 6.45) is 0.619. The van der Waals surface area contributed by atoms with Crippen molar-refractivity contribution in [2.24, 2.45) is 0 Å². The van der Waals surface area contributed by atoms with Gasteiger partial charge in [0.2, 0.25) is 0 Å². The molecule has 0 atom stereocenters. The van der Waals surface area contributed by atoms with Gasteiger partial charge in [-0.05, 0) is 66.6 Å². The van der Waals surface area contributed by atoms with Crippen molar-refractivity contribution in [3.63, 3.8) is 0 Å². The Balaban J connectivity index is 1.59. The molecule has 0 aromatic heterocycles. The minimum absolute atomic E-state index is 0.0638. The second kappa shape index (κ2) is 9.99. The van der Waals surface area contributed by atoms with E-state index in [1.54, 1.807) is 31.4 Å². The second-order valence-corrected chi connectivity index (χ2v) is 8.36. The van der Waals surface area contributed by atoms with Crippen LogP contribution in [0.4, 0.5) is 5.69 Å². The molecule has 162 valence electrons. The van der Waals surface area contributed by atoms with Crippen molar-refractivity contribution in [1.82, 2.24) is 5.32 Å². The number of hydrogen-bond acceptors (Lipinski definition) is 5. The number of hydrogen-bond donors (Lipinski definition) is 2. The van der Waals surface area contributed by atoms with Gasteiger partial charge in [-0.25, -0.2) is 8.42 Å². The smallest absolute Gasteiger partial charge is 0.261 e. The Bertz CT molecular complexity index is 1130. The van der Waals surface area contributed by atoms with Crippen molar-refractivity contribution in [2.45, 2.75) is 11.3 Å². The molecule has 3 aromatic carbocycles. The van der Waals surface area contributed by atoms with Gasteiger partial charge in [-0.2, -0.15) is 0 Å². The molecule has 3 aromatic rings. The molecule has 0 bridgehead atoms. The summed E-state index contributed by atoms with van der Waals surface area (Å²) in [5.41, 5.74) is 1.79. The van der Waals surface area contributed by atoms with Gasteiger partial charge in [-0.1, -0.05) is 18.2 Å². The van der Waals surface area contributed by atoms with Crippen molar-refractivity contribution >= 4 is 21.6 Å². The monoisotopic (exact) mass is 440 g/mol. The lowest BCUT2D eigenvalue weighted by atomic mass is 10.1. The van der Waals surface area contributed by atoms with Crippen LogP contribution in [0.3, 0.4) is 0 Å². The van der Waals surface area contributed by atoms with E-state index in [0.29, 0.717) is 30.0 Å². The third-order valence-electron chi connectivity index (χ3n) is 4.64. The zero-order chi connectivity index (χ0) is 22.3. The molecule has 0 radical (unpaired) electrons. The largest absolute Gasteiger partial charge is 0.497 e. The number of benzene rings is 3. The van der Waals surface area contributed by atoms with E-state index in [1.807, 2.05) is 24.3 Å². The van der Waals surface area contributed by atoms with Crippen LogP contribution in [0.2, 0.25) is 0 Å². The van der Waals surface area contributed by atoms with Crippen LogP contribution >= 0.6 is 0 Å². The van der Waals surface area contributed by atoms with Crippen molar-refractivity contribution in [3.05, 3.63) is 83.9 Å². The SMILES string of the molecule is COc1ccc(NS(=O)(=O)c2ccc(C(=O)NCCc3ccccc3OC)cc2)cc1. The van der Waals surface area contributed by atoms with Crippen LogP contribution in [-0.2, 0) is 16.4 Å². The molecule has 8 heteroatoms. The highest BCUT2D eigenvalue weighted by Crippen LogP contribution is 2.20. The molecule has 0 unspecified atom stereocenters. The molecule has 0 aliphatic carbocycles. The number of para-hydroxylation sites is 1. The first-order valence-electron chi connectivity index (χ1n) is 9.60. The number of carbonyl (C=O) groups excluding carboxylic acids is 1. The number of methoxy groups -OCH3 is 2. The summed E-state index contributed by atoms with van der Waals surface area (Å²) >= 11 is 0. The Morgan fingerprint density at radius 2 is 1.55 bits per heavy atom. The summed E-state index contributed by atoms with van der Waals surface area (Å²) in [6.45, 7) is 0.429. The lowest BCUT2D eigenvalue weighted by molar-refractivity contribution is 0.0954. The molecule has 7 nitrogen and oxygen atoms in total. The minimum atomic E-state index is -3.77. The maximum absolute atomic E-state index is 12.6. The number of amides is 1. The van der Waals surface area contributed by atoms with Crippen LogP contribution in [0.15, 0.2) is 77.7 Å². The van der Waals surface area contributed by atoms with E-state index in [0.717, 1.165) is 11.3 Å². The van der Waals surface area contributed by atoms with Gasteiger partial charge >= 0.3 is 0 Å². The Labute approximate surface area is 182 Å². The standard InChI is InChI=1S/C23H24N2O5S/c1-29-20-11-9-19(10-12-20)25-31(27,28)21-13-7-18(8-14-21)23(26)24-16-15-17-5-3-4-6-22(17)30-2/h3-14,25H,15-16H2,1-2H3,(H,24,26). The van der Waals surface area contributed by atoms with E-state index in [9.17, 15) is 13.2 Å². The highest BCUT2D eigenvalue weighted by atomic mass is 32.2. The summed E-state index contributed by atoms with van der Waals surface area (Å²) < 4.78 is 38.0.